The summed E-state index contributed by atoms with van der Waals surface area (Å²) in [5.41, 5.74) is 2.87. The fourth-order valence-corrected chi connectivity index (χ4v) is 3.41. The zero-order chi connectivity index (χ0) is 21.4. The van der Waals surface area contributed by atoms with Crippen LogP contribution in [0.2, 0.25) is 0 Å². The fraction of sp³-hybridized carbons (Fsp3) is 0.652. The van der Waals surface area contributed by atoms with Crippen LogP contribution in [0.25, 0.3) is 0 Å². The Morgan fingerprint density at radius 1 is 1.10 bits per heavy atom. The van der Waals surface area contributed by atoms with Crippen molar-refractivity contribution in [1.82, 2.24) is 16.0 Å². The van der Waals surface area contributed by atoms with Crippen LogP contribution in [0.5, 0.6) is 0 Å². The first-order valence-corrected chi connectivity index (χ1v) is 10.8. The Morgan fingerprint density at radius 2 is 1.67 bits per heavy atom. The first-order chi connectivity index (χ1) is 13.7. The van der Waals surface area contributed by atoms with Crippen molar-refractivity contribution in [2.24, 2.45) is 10.9 Å². The summed E-state index contributed by atoms with van der Waals surface area (Å²) in [5.74, 6) is 0.900. The van der Waals surface area contributed by atoms with E-state index in [0.717, 1.165) is 31.9 Å². The number of nitrogens with zero attached hydrogens (tertiary/aromatic N) is 2. The second-order valence-electron chi connectivity index (χ2n) is 9.15. The maximum absolute atomic E-state index is 11.6. The molecule has 170 valence electrons. The lowest BCUT2D eigenvalue weighted by Gasteiger charge is -2.35. The van der Waals surface area contributed by atoms with Gasteiger partial charge in [0.05, 0.1) is 0 Å². The van der Waals surface area contributed by atoms with Crippen LogP contribution in [0.1, 0.15) is 53.0 Å². The molecule has 1 heterocycles. The first kappa shape index (κ1) is 26.5. The van der Waals surface area contributed by atoms with E-state index in [2.05, 4.69) is 70.9 Å². The molecule has 0 saturated carbocycles. The van der Waals surface area contributed by atoms with Crippen molar-refractivity contribution in [2.75, 3.05) is 38.1 Å². The SMILES string of the molecule is CN=C(NCCNC(=O)C(C)C)NC1CCN(c2ccc(C(C)(C)C)cc2)CC1.I. The highest BCUT2D eigenvalue weighted by Crippen LogP contribution is 2.26. The summed E-state index contributed by atoms with van der Waals surface area (Å²) in [6.07, 6.45) is 2.15. The number of aliphatic imine (C=N–C) groups is 1. The van der Waals surface area contributed by atoms with Crippen molar-refractivity contribution in [3.63, 3.8) is 0 Å². The van der Waals surface area contributed by atoms with Gasteiger partial charge < -0.3 is 20.9 Å². The Morgan fingerprint density at radius 3 is 2.17 bits per heavy atom. The number of carbonyl (C=O) groups excluding carboxylic acids is 1. The first-order valence-electron chi connectivity index (χ1n) is 10.8. The molecule has 1 saturated heterocycles. The second kappa shape index (κ2) is 12.4. The van der Waals surface area contributed by atoms with E-state index < -0.39 is 0 Å². The van der Waals surface area contributed by atoms with Gasteiger partial charge in [-0.25, -0.2) is 0 Å². The minimum absolute atomic E-state index is 0. The molecule has 1 amide bonds. The molecule has 1 aliphatic heterocycles. The molecule has 1 fully saturated rings. The number of amides is 1. The molecule has 2 rings (SSSR count). The van der Waals surface area contributed by atoms with Crippen LogP contribution in [-0.2, 0) is 10.2 Å². The Hall–Kier alpha value is -1.51. The maximum atomic E-state index is 11.6. The lowest BCUT2D eigenvalue weighted by molar-refractivity contribution is -0.123. The van der Waals surface area contributed by atoms with Crippen LogP contribution >= 0.6 is 24.0 Å². The fourth-order valence-electron chi connectivity index (χ4n) is 3.41. The third kappa shape index (κ3) is 8.32. The summed E-state index contributed by atoms with van der Waals surface area (Å²) in [6.45, 7) is 13.9. The van der Waals surface area contributed by atoms with E-state index in [9.17, 15) is 4.79 Å². The van der Waals surface area contributed by atoms with Gasteiger partial charge in [-0.1, -0.05) is 46.8 Å². The highest BCUT2D eigenvalue weighted by molar-refractivity contribution is 14.0. The molecule has 0 radical (unpaired) electrons. The average Bonchev–Trinajstić information content (AvgIpc) is 2.70. The monoisotopic (exact) mass is 529 g/mol. The lowest BCUT2D eigenvalue weighted by Crippen LogP contribution is -2.49. The molecule has 1 aromatic carbocycles. The number of piperidine rings is 1. The van der Waals surface area contributed by atoms with Crippen LogP contribution in [0.4, 0.5) is 5.69 Å². The van der Waals surface area contributed by atoms with Crippen LogP contribution in [0, 0.1) is 5.92 Å². The Labute approximate surface area is 199 Å². The standard InChI is InChI=1S/C23H39N5O.HI/c1-17(2)21(29)25-13-14-26-22(24-6)27-19-11-15-28(16-12-19)20-9-7-18(8-10-20)23(3,4)5;/h7-10,17,19H,11-16H2,1-6H3,(H,25,29)(H2,24,26,27);1H. The third-order valence-electron chi connectivity index (χ3n) is 5.40. The molecule has 0 aromatic heterocycles. The molecule has 0 spiro atoms. The van der Waals surface area contributed by atoms with Crippen molar-refractivity contribution < 1.29 is 4.79 Å². The van der Waals surface area contributed by atoms with Gasteiger partial charge in [0, 0.05) is 50.9 Å². The molecular weight excluding hydrogens is 489 g/mol. The maximum Gasteiger partial charge on any atom is 0.222 e. The van der Waals surface area contributed by atoms with Crippen molar-refractivity contribution >= 4 is 41.5 Å². The number of nitrogens with one attached hydrogen (secondary N) is 3. The van der Waals surface area contributed by atoms with E-state index in [0.29, 0.717) is 19.1 Å². The molecule has 0 unspecified atom stereocenters. The highest BCUT2D eigenvalue weighted by Gasteiger charge is 2.21. The van der Waals surface area contributed by atoms with Gasteiger partial charge in [-0.3, -0.25) is 9.79 Å². The van der Waals surface area contributed by atoms with Crippen LogP contribution in [-0.4, -0.2) is 51.1 Å². The number of benzene rings is 1. The summed E-state index contributed by atoms with van der Waals surface area (Å²) in [5, 5.41) is 9.71. The molecule has 0 bridgehead atoms. The average molecular weight is 530 g/mol. The lowest BCUT2D eigenvalue weighted by atomic mass is 9.87. The van der Waals surface area contributed by atoms with Gasteiger partial charge in [0.2, 0.25) is 5.91 Å². The van der Waals surface area contributed by atoms with Gasteiger partial charge in [-0.05, 0) is 36.0 Å². The normalized spacial score (nSPS) is 15.6. The molecule has 1 aliphatic rings. The number of rotatable bonds is 6. The van der Waals surface area contributed by atoms with Gasteiger partial charge >= 0.3 is 0 Å². The van der Waals surface area contributed by atoms with Crippen molar-refractivity contribution in [3.8, 4) is 0 Å². The smallest absolute Gasteiger partial charge is 0.222 e. The number of hydrogen-bond acceptors (Lipinski definition) is 3. The number of anilines is 1. The van der Waals surface area contributed by atoms with Gasteiger partial charge in [0.15, 0.2) is 5.96 Å². The van der Waals surface area contributed by atoms with Crippen molar-refractivity contribution in [3.05, 3.63) is 29.8 Å². The molecule has 0 aliphatic carbocycles. The number of halogens is 1. The molecule has 3 N–H and O–H groups in total. The summed E-state index contributed by atoms with van der Waals surface area (Å²) in [4.78, 5) is 18.4. The highest BCUT2D eigenvalue weighted by atomic mass is 127. The Balaban J connectivity index is 0.00000450. The summed E-state index contributed by atoms with van der Waals surface area (Å²) < 4.78 is 0. The van der Waals surface area contributed by atoms with Crippen molar-refractivity contribution in [2.45, 2.75) is 58.9 Å². The Bertz CT molecular complexity index is 674. The largest absolute Gasteiger partial charge is 0.371 e. The minimum atomic E-state index is 0. The zero-order valence-corrected chi connectivity index (χ0v) is 21.7. The molecule has 30 heavy (non-hydrogen) atoms. The Kier molecular flexibility index (Phi) is 10.9. The van der Waals surface area contributed by atoms with E-state index in [1.54, 1.807) is 7.05 Å². The van der Waals surface area contributed by atoms with Crippen molar-refractivity contribution in [1.29, 1.82) is 0 Å². The number of carbonyl (C=O) groups is 1. The summed E-state index contributed by atoms with van der Waals surface area (Å²) in [7, 11) is 1.79. The van der Waals surface area contributed by atoms with E-state index in [4.69, 9.17) is 0 Å². The van der Waals surface area contributed by atoms with Gasteiger partial charge in [-0.2, -0.15) is 0 Å². The topological polar surface area (TPSA) is 68.8 Å². The third-order valence-corrected chi connectivity index (χ3v) is 5.40. The molecule has 7 heteroatoms. The van der Waals surface area contributed by atoms with E-state index in [1.165, 1.54) is 11.3 Å². The molecule has 1 aromatic rings. The predicted molar refractivity (Wildman–Crippen MR) is 138 cm³/mol. The number of guanidine groups is 1. The van der Waals surface area contributed by atoms with Gasteiger partial charge in [-0.15, -0.1) is 24.0 Å². The summed E-state index contributed by atoms with van der Waals surface area (Å²) in [6, 6.07) is 9.42. The number of hydrogen-bond donors (Lipinski definition) is 3. The van der Waals surface area contributed by atoms with Crippen LogP contribution in [0.15, 0.2) is 29.3 Å². The quantitative estimate of drug-likeness (QED) is 0.229. The van der Waals surface area contributed by atoms with E-state index in [1.807, 2.05) is 13.8 Å². The van der Waals surface area contributed by atoms with Gasteiger partial charge in [0.25, 0.3) is 0 Å². The molecule has 6 nitrogen and oxygen atoms in total. The predicted octanol–water partition coefficient (Wildman–Crippen LogP) is 3.51. The van der Waals surface area contributed by atoms with Crippen LogP contribution < -0.4 is 20.9 Å². The minimum Gasteiger partial charge on any atom is -0.371 e. The molecule has 0 atom stereocenters. The second-order valence-corrected chi connectivity index (χ2v) is 9.15. The van der Waals surface area contributed by atoms with E-state index in [-0.39, 0.29) is 41.2 Å². The molecular formula is C23H40IN5O. The van der Waals surface area contributed by atoms with E-state index >= 15 is 0 Å². The zero-order valence-electron chi connectivity index (χ0n) is 19.4. The van der Waals surface area contributed by atoms with Gasteiger partial charge in [0.1, 0.15) is 0 Å². The van der Waals surface area contributed by atoms with Crippen LogP contribution in [0.3, 0.4) is 0 Å². The summed E-state index contributed by atoms with van der Waals surface area (Å²) >= 11 is 0.